The fourth-order valence-corrected chi connectivity index (χ4v) is 3.31. The minimum Gasteiger partial charge on any atom is -0.313 e. The summed E-state index contributed by atoms with van der Waals surface area (Å²) in [6.07, 6.45) is 5.32. The lowest BCUT2D eigenvalue weighted by molar-refractivity contribution is 0.183. The molecule has 0 saturated carbocycles. The summed E-state index contributed by atoms with van der Waals surface area (Å²) >= 11 is 0. The fraction of sp³-hybridized carbons (Fsp3) is 0.647. The van der Waals surface area contributed by atoms with Crippen molar-refractivity contribution in [1.82, 2.24) is 10.2 Å². The van der Waals surface area contributed by atoms with E-state index in [0.29, 0.717) is 11.3 Å². The monoisotopic (exact) mass is 308 g/mol. The highest BCUT2D eigenvalue weighted by molar-refractivity contribution is 7.84. The van der Waals surface area contributed by atoms with Gasteiger partial charge in [-0.2, -0.15) is 0 Å². The summed E-state index contributed by atoms with van der Waals surface area (Å²) in [5, 5.41) is 3.94. The standard InChI is InChI=1S/C17H28N2OS/c1-15(21(2)20)10-11-18-17-9-6-12-19(14-17)13-16-7-4-3-5-8-16/h3-5,7-8,15,17-18H,6,9-14H2,1-2H3. The highest BCUT2D eigenvalue weighted by Gasteiger charge is 2.19. The van der Waals surface area contributed by atoms with Crippen LogP contribution >= 0.6 is 0 Å². The molecule has 1 fully saturated rings. The topological polar surface area (TPSA) is 32.3 Å². The van der Waals surface area contributed by atoms with Crippen LogP contribution < -0.4 is 5.32 Å². The SMILES string of the molecule is CC(CCNC1CCCN(Cc2ccccc2)C1)S(C)=O. The molecule has 1 aliphatic heterocycles. The molecule has 1 aliphatic rings. The van der Waals surface area contributed by atoms with Crippen molar-refractivity contribution in [3.8, 4) is 0 Å². The van der Waals surface area contributed by atoms with Gasteiger partial charge in [0.25, 0.3) is 0 Å². The zero-order chi connectivity index (χ0) is 15.1. The third kappa shape index (κ3) is 5.89. The summed E-state index contributed by atoms with van der Waals surface area (Å²) < 4.78 is 11.4. The summed E-state index contributed by atoms with van der Waals surface area (Å²) in [6, 6.07) is 11.3. The number of nitrogens with one attached hydrogen (secondary N) is 1. The number of hydrogen-bond donors (Lipinski definition) is 1. The highest BCUT2D eigenvalue weighted by Crippen LogP contribution is 2.14. The summed E-state index contributed by atoms with van der Waals surface area (Å²) in [6.45, 7) is 6.42. The predicted molar refractivity (Wildman–Crippen MR) is 90.9 cm³/mol. The van der Waals surface area contributed by atoms with Gasteiger partial charge in [0.2, 0.25) is 0 Å². The Morgan fingerprint density at radius 1 is 1.38 bits per heavy atom. The Hall–Kier alpha value is -0.710. The first kappa shape index (κ1) is 16.7. The zero-order valence-corrected chi connectivity index (χ0v) is 14.1. The Bertz CT molecular complexity index is 438. The molecule has 3 unspecified atom stereocenters. The molecule has 0 amide bonds. The van der Waals surface area contributed by atoms with E-state index in [1.807, 2.05) is 0 Å². The molecule has 0 aromatic heterocycles. The Morgan fingerprint density at radius 2 is 2.14 bits per heavy atom. The van der Waals surface area contributed by atoms with Crippen molar-refractivity contribution in [2.75, 3.05) is 25.9 Å². The lowest BCUT2D eigenvalue weighted by Gasteiger charge is -2.33. The van der Waals surface area contributed by atoms with E-state index >= 15 is 0 Å². The summed E-state index contributed by atoms with van der Waals surface area (Å²) in [5.41, 5.74) is 1.40. The van der Waals surface area contributed by atoms with Gasteiger partial charge < -0.3 is 5.32 Å². The van der Waals surface area contributed by atoms with E-state index in [1.54, 1.807) is 6.26 Å². The number of piperidine rings is 1. The highest BCUT2D eigenvalue weighted by atomic mass is 32.2. The van der Waals surface area contributed by atoms with E-state index in [-0.39, 0.29) is 0 Å². The third-order valence-corrected chi connectivity index (χ3v) is 5.67. The number of hydrogen-bond acceptors (Lipinski definition) is 3. The predicted octanol–water partition coefficient (Wildman–Crippen LogP) is 2.40. The third-order valence-electron chi connectivity index (χ3n) is 4.31. The second-order valence-corrected chi connectivity index (χ2v) is 7.91. The summed E-state index contributed by atoms with van der Waals surface area (Å²) in [4.78, 5) is 2.54. The fourth-order valence-electron chi connectivity index (χ4n) is 2.86. The lowest BCUT2D eigenvalue weighted by atomic mass is 10.0. The zero-order valence-electron chi connectivity index (χ0n) is 13.3. The van der Waals surface area contributed by atoms with Gasteiger partial charge in [0.15, 0.2) is 0 Å². The molecule has 0 bridgehead atoms. The van der Waals surface area contributed by atoms with Crippen molar-refractivity contribution in [3.05, 3.63) is 35.9 Å². The molecular weight excluding hydrogens is 280 g/mol. The largest absolute Gasteiger partial charge is 0.313 e. The molecule has 1 aromatic rings. The average molecular weight is 308 g/mol. The second-order valence-electron chi connectivity index (χ2n) is 6.11. The van der Waals surface area contributed by atoms with Gasteiger partial charge >= 0.3 is 0 Å². The van der Waals surface area contributed by atoms with E-state index in [0.717, 1.165) is 26.1 Å². The summed E-state index contributed by atoms with van der Waals surface area (Å²) in [7, 11) is -0.701. The van der Waals surface area contributed by atoms with Gasteiger partial charge in [0, 0.05) is 41.4 Å². The number of benzene rings is 1. The molecule has 118 valence electrons. The number of nitrogens with zero attached hydrogens (tertiary/aromatic N) is 1. The number of likely N-dealkylation sites (tertiary alicyclic amines) is 1. The molecule has 21 heavy (non-hydrogen) atoms. The molecule has 0 spiro atoms. The lowest BCUT2D eigenvalue weighted by Crippen LogP contribution is -2.45. The average Bonchev–Trinajstić information content (AvgIpc) is 2.48. The molecule has 2 rings (SSSR count). The molecule has 0 aliphatic carbocycles. The van der Waals surface area contributed by atoms with Crippen LogP contribution in [0.15, 0.2) is 30.3 Å². The van der Waals surface area contributed by atoms with Gasteiger partial charge in [-0.15, -0.1) is 0 Å². The molecule has 0 radical (unpaired) electrons. The molecular formula is C17H28N2OS. The second kappa shape index (κ2) is 8.66. The Kier molecular flexibility index (Phi) is 6.87. The first-order valence-corrected chi connectivity index (χ1v) is 9.59. The van der Waals surface area contributed by atoms with Crippen molar-refractivity contribution < 1.29 is 4.21 Å². The maximum absolute atomic E-state index is 11.4. The van der Waals surface area contributed by atoms with Crippen LogP contribution in [0.4, 0.5) is 0 Å². The Morgan fingerprint density at radius 3 is 2.86 bits per heavy atom. The van der Waals surface area contributed by atoms with Crippen molar-refractivity contribution in [2.45, 2.75) is 44.0 Å². The molecule has 3 nitrogen and oxygen atoms in total. The van der Waals surface area contributed by atoms with Crippen molar-refractivity contribution in [1.29, 1.82) is 0 Å². The van der Waals surface area contributed by atoms with Crippen LogP contribution in [0.5, 0.6) is 0 Å². The normalized spacial score (nSPS) is 22.9. The van der Waals surface area contributed by atoms with Crippen LogP contribution in [0.3, 0.4) is 0 Å². The van der Waals surface area contributed by atoms with Crippen molar-refractivity contribution >= 4 is 10.8 Å². The molecule has 1 saturated heterocycles. The van der Waals surface area contributed by atoms with Crippen LogP contribution in [0.2, 0.25) is 0 Å². The van der Waals surface area contributed by atoms with Gasteiger partial charge in [-0.05, 0) is 37.9 Å². The molecule has 1 N–H and O–H groups in total. The van der Waals surface area contributed by atoms with Crippen molar-refractivity contribution in [3.63, 3.8) is 0 Å². The summed E-state index contributed by atoms with van der Waals surface area (Å²) in [5.74, 6) is 0. The van der Waals surface area contributed by atoms with Gasteiger partial charge in [-0.25, -0.2) is 0 Å². The van der Waals surface area contributed by atoms with E-state index in [2.05, 4.69) is 47.5 Å². The van der Waals surface area contributed by atoms with Gasteiger partial charge in [0.05, 0.1) is 0 Å². The molecule has 4 heteroatoms. The van der Waals surface area contributed by atoms with Crippen LogP contribution in [0.1, 0.15) is 31.7 Å². The Balaban J connectivity index is 1.72. The van der Waals surface area contributed by atoms with Crippen LogP contribution in [0.25, 0.3) is 0 Å². The van der Waals surface area contributed by atoms with Crippen LogP contribution in [-0.4, -0.2) is 46.3 Å². The molecule has 1 aromatic carbocycles. The molecule has 1 heterocycles. The van der Waals surface area contributed by atoms with E-state index < -0.39 is 10.8 Å². The first-order valence-electron chi connectivity index (χ1n) is 7.97. The van der Waals surface area contributed by atoms with Crippen molar-refractivity contribution in [2.24, 2.45) is 0 Å². The van der Waals surface area contributed by atoms with Gasteiger partial charge in [0.1, 0.15) is 0 Å². The molecule has 3 atom stereocenters. The maximum atomic E-state index is 11.4. The maximum Gasteiger partial charge on any atom is 0.0329 e. The Labute approximate surface area is 131 Å². The van der Waals surface area contributed by atoms with Gasteiger partial charge in [-0.3, -0.25) is 9.11 Å². The van der Waals surface area contributed by atoms with Gasteiger partial charge in [-0.1, -0.05) is 37.3 Å². The minimum absolute atomic E-state index is 0.293. The van der Waals surface area contributed by atoms with Crippen LogP contribution in [-0.2, 0) is 17.3 Å². The van der Waals surface area contributed by atoms with E-state index in [1.165, 1.54) is 24.9 Å². The van der Waals surface area contributed by atoms with E-state index in [9.17, 15) is 4.21 Å². The number of rotatable bonds is 7. The smallest absolute Gasteiger partial charge is 0.0329 e. The quantitative estimate of drug-likeness (QED) is 0.839. The van der Waals surface area contributed by atoms with Crippen LogP contribution in [0, 0.1) is 0 Å². The van der Waals surface area contributed by atoms with E-state index in [4.69, 9.17) is 0 Å². The first-order chi connectivity index (χ1) is 10.1. The minimum atomic E-state index is -0.701.